The third kappa shape index (κ3) is 4.73. The molecule has 0 aliphatic heterocycles. The van der Waals surface area contributed by atoms with Crippen LogP contribution in [0.4, 0.5) is 4.39 Å². The van der Waals surface area contributed by atoms with Crippen molar-refractivity contribution in [2.75, 3.05) is 7.11 Å². The minimum atomic E-state index is -1.08. The first kappa shape index (κ1) is 16.9. The first-order chi connectivity index (χ1) is 9.86. The molecule has 0 saturated heterocycles. The van der Waals surface area contributed by atoms with Gasteiger partial charge in [-0.05, 0) is 24.0 Å². The number of carbonyl (C=O) groups excluding carboxylic acids is 1. The second-order valence-corrected chi connectivity index (χ2v) is 5.06. The van der Waals surface area contributed by atoms with Crippen molar-refractivity contribution in [1.29, 1.82) is 0 Å². The number of nitrogens with one attached hydrogen (secondary N) is 1. The number of carbonyl (C=O) groups is 2. The van der Waals surface area contributed by atoms with Crippen molar-refractivity contribution in [3.8, 4) is 5.75 Å². The summed E-state index contributed by atoms with van der Waals surface area (Å²) in [6.07, 6.45) is 0.194. The normalized spacial score (nSPS) is 12.0. The highest BCUT2D eigenvalue weighted by atomic mass is 19.1. The summed E-state index contributed by atoms with van der Waals surface area (Å²) in [5.41, 5.74) is 0.362. The predicted molar refractivity (Wildman–Crippen MR) is 75.7 cm³/mol. The third-order valence-corrected chi connectivity index (χ3v) is 3.13. The second-order valence-electron chi connectivity index (χ2n) is 5.06. The van der Waals surface area contributed by atoms with E-state index >= 15 is 0 Å². The van der Waals surface area contributed by atoms with E-state index in [4.69, 9.17) is 9.84 Å². The summed E-state index contributed by atoms with van der Waals surface area (Å²) < 4.78 is 18.8. The van der Waals surface area contributed by atoms with E-state index in [9.17, 15) is 14.0 Å². The van der Waals surface area contributed by atoms with Crippen LogP contribution in [0.1, 0.15) is 25.8 Å². The van der Waals surface area contributed by atoms with Gasteiger partial charge in [0.1, 0.15) is 6.04 Å². The highest BCUT2D eigenvalue weighted by molar-refractivity contribution is 5.83. The van der Waals surface area contributed by atoms with Crippen LogP contribution in [0.25, 0.3) is 0 Å². The van der Waals surface area contributed by atoms with Gasteiger partial charge in [-0.3, -0.25) is 4.79 Å². The largest absolute Gasteiger partial charge is 0.494 e. The van der Waals surface area contributed by atoms with Crippen molar-refractivity contribution < 1.29 is 23.8 Å². The summed E-state index contributed by atoms with van der Waals surface area (Å²) in [4.78, 5) is 22.8. The van der Waals surface area contributed by atoms with Gasteiger partial charge in [0.15, 0.2) is 11.6 Å². The Kier molecular flexibility index (Phi) is 6.14. The van der Waals surface area contributed by atoms with Gasteiger partial charge in [-0.1, -0.05) is 26.0 Å². The molecule has 0 aliphatic rings. The Hall–Kier alpha value is -2.11. The Morgan fingerprint density at radius 2 is 2.05 bits per heavy atom. The maximum absolute atomic E-state index is 13.9. The predicted octanol–water partition coefficient (Wildman–Crippen LogP) is 1.99. The van der Waals surface area contributed by atoms with Gasteiger partial charge in [-0.25, -0.2) is 9.18 Å². The highest BCUT2D eigenvalue weighted by Crippen LogP contribution is 2.20. The number of benzene rings is 1. The number of amides is 1. The van der Waals surface area contributed by atoms with Crippen LogP contribution < -0.4 is 10.1 Å². The van der Waals surface area contributed by atoms with Crippen molar-refractivity contribution in [3.05, 3.63) is 29.6 Å². The molecule has 0 aromatic heterocycles. The van der Waals surface area contributed by atoms with E-state index in [1.165, 1.54) is 13.2 Å². The molecule has 0 radical (unpaired) electrons. The Morgan fingerprint density at radius 1 is 1.38 bits per heavy atom. The summed E-state index contributed by atoms with van der Waals surface area (Å²) in [7, 11) is 1.37. The quantitative estimate of drug-likeness (QED) is 0.807. The fraction of sp³-hybridized carbons (Fsp3) is 0.467. The van der Waals surface area contributed by atoms with Crippen LogP contribution in [0, 0.1) is 11.7 Å². The third-order valence-electron chi connectivity index (χ3n) is 3.13. The lowest BCUT2D eigenvalue weighted by Crippen LogP contribution is -2.44. The van der Waals surface area contributed by atoms with E-state index in [-0.39, 0.29) is 24.5 Å². The van der Waals surface area contributed by atoms with Crippen LogP contribution in [-0.2, 0) is 16.0 Å². The van der Waals surface area contributed by atoms with Crippen LogP contribution >= 0.6 is 0 Å². The minimum Gasteiger partial charge on any atom is -0.494 e. The summed E-state index contributed by atoms with van der Waals surface area (Å²) in [6, 6.07) is 3.77. The maximum atomic E-state index is 13.9. The zero-order valence-corrected chi connectivity index (χ0v) is 12.4. The molecule has 6 heteroatoms. The smallest absolute Gasteiger partial charge is 0.326 e. The molecule has 5 nitrogen and oxygen atoms in total. The fourth-order valence-corrected chi connectivity index (χ4v) is 1.91. The molecule has 1 aromatic carbocycles. The first-order valence-corrected chi connectivity index (χ1v) is 6.70. The number of hydrogen-bond donors (Lipinski definition) is 2. The van der Waals surface area contributed by atoms with E-state index in [0.29, 0.717) is 5.56 Å². The molecule has 0 aliphatic carbocycles. The van der Waals surface area contributed by atoms with Crippen LogP contribution in [0.3, 0.4) is 0 Å². The average Bonchev–Trinajstić information content (AvgIpc) is 2.43. The number of carboxylic acid groups (broad SMARTS) is 1. The molecule has 0 heterocycles. The minimum absolute atomic E-state index is 0.0145. The van der Waals surface area contributed by atoms with E-state index < -0.39 is 23.7 Å². The Bertz CT molecular complexity index is 516. The fourth-order valence-electron chi connectivity index (χ4n) is 1.91. The molecule has 0 fully saturated rings. The van der Waals surface area contributed by atoms with Gasteiger partial charge in [-0.15, -0.1) is 0 Å². The SMILES string of the molecule is COc1cccc(CCC(=O)NC(C(=O)O)C(C)C)c1F. The number of hydrogen-bond acceptors (Lipinski definition) is 3. The van der Waals surface area contributed by atoms with E-state index in [2.05, 4.69) is 5.32 Å². The van der Waals surface area contributed by atoms with Crippen LogP contribution in [0.15, 0.2) is 18.2 Å². The van der Waals surface area contributed by atoms with Gasteiger partial charge >= 0.3 is 5.97 Å². The zero-order valence-electron chi connectivity index (χ0n) is 12.4. The molecular weight excluding hydrogens is 277 g/mol. The Morgan fingerprint density at radius 3 is 2.57 bits per heavy atom. The zero-order chi connectivity index (χ0) is 16.0. The van der Waals surface area contributed by atoms with Crippen molar-refractivity contribution in [1.82, 2.24) is 5.32 Å². The summed E-state index contributed by atoms with van der Waals surface area (Å²) in [5.74, 6) is -2.09. The number of aliphatic carboxylic acids is 1. The molecule has 2 N–H and O–H groups in total. The molecule has 0 saturated carbocycles. The van der Waals surface area contributed by atoms with Gasteiger partial charge in [0.2, 0.25) is 5.91 Å². The van der Waals surface area contributed by atoms with Crippen molar-refractivity contribution >= 4 is 11.9 Å². The number of halogens is 1. The number of aryl methyl sites for hydroxylation is 1. The van der Waals surface area contributed by atoms with Gasteiger partial charge in [0, 0.05) is 6.42 Å². The molecular formula is C15H20FNO4. The number of carboxylic acids is 1. The van der Waals surface area contributed by atoms with Gasteiger partial charge in [-0.2, -0.15) is 0 Å². The molecule has 1 rings (SSSR count). The van der Waals surface area contributed by atoms with Crippen molar-refractivity contribution in [2.24, 2.45) is 5.92 Å². The standard InChI is InChI=1S/C15H20FNO4/c1-9(2)14(15(19)20)17-12(18)8-7-10-5-4-6-11(21-3)13(10)16/h4-6,9,14H,7-8H2,1-3H3,(H,17,18)(H,19,20). The highest BCUT2D eigenvalue weighted by Gasteiger charge is 2.23. The second kappa shape index (κ2) is 7.61. The topological polar surface area (TPSA) is 75.6 Å². The molecule has 1 amide bonds. The molecule has 1 atom stereocenters. The molecule has 1 unspecified atom stereocenters. The van der Waals surface area contributed by atoms with Gasteiger partial charge in [0.05, 0.1) is 7.11 Å². The molecule has 1 aromatic rings. The lowest BCUT2D eigenvalue weighted by Gasteiger charge is -2.17. The lowest BCUT2D eigenvalue weighted by molar-refractivity contribution is -0.143. The average molecular weight is 297 g/mol. The Labute approximate surface area is 123 Å². The van der Waals surface area contributed by atoms with Crippen LogP contribution in [0.2, 0.25) is 0 Å². The van der Waals surface area contributed by atoms with Gasteiger partial charge < -0.3 is 15.2 Å². The molecule has 0 bridgehead atoms. The summed E-state index contributed by atoms with van der Waals surface area (Å²) >= 11 is 0. The van der Waals surface area contributed by atoms with E-state index in [0.717, 1.165) is 0 Å². The van der Waals surface area contributed by atoms with Crippen molar-refractivity contribution in [2.45, 2.75) is 32.7 Å². The van der Waals surface area contributed by atoms with Crippen LogP contribution in [-0.4, -0.2) is 30.1 Å². The monoisotopic (exact) mass is 297 g/mol. The Balaban J connectivity index is 2.63. The lowest BCUT2D eigenvalue weighted by atomic mass is 10.0. The molecule has 116 valence electrons. The van der Waals surface area contributed by atoms with Crippen LogP contribution in [0.5, 0.6) is 5.75 Å². The van der Waals surface area contributed by atoms with E-state index in [1.54, 1.807) is 26.0 Å². The maximum Gasteiger partial charge on any atom is 0.326 e. The van der Waals surface area contributed by atoms with Gasteiger partial charge in [0.25, 0.3) is 0 Å². The summed E-state index contributed by atoms with van der Waals surface area (Å²) in [5, 5.41) is 11.4. The van der Waals surface area contributed by atoms with E-state index in [1.807, 2.05) is 0 Å². The molecule has 0 spiro atoms. The number of methoxy groups -OCH3 is 1. The number of rotatable bonds is 7. The molecule has 21 heavy (non-hydrogen) atoms. The van der Waals surface area contributed by atoms with Crippen molar-refractivity contribution in [3.63, 3.8) is 0 Å². The first-order valence-electron chi connectivity index (χ1n) is 6.70. The number of ether oxygens (including phenoxy) is 1. The summed E-state index contributed by atoms with van der Waals surface area (Å²) in [6.45, 7) is 3.42.